The third-order valence-electron chi connectivity index (χ3n) is 4.62. The number of ether oxygens (including phenoxy) is 2. The molecular formula is C13H19N5O10P2. The number of anilines is 1. The molecular weight excluding hydrogens is 448 g/mol. The first-order valence-corrected chi connectivity index (χ1v) is 11.8. The zero-order valence-electron chi connectivity index (χ0n) is 15.3. The molecule has 0 amide bonds. The third kappa shape index (κ3) is 4.01. The Morgan fingerprint density at radius 3 is 2.57 bits per heavy atom. The van der Waals surface area contributed by atoms with Crippen molar-refractivity contribution < 1.29 is 47.4 Å². The molecule has 0 radical (unpaired) electrons. The molecule has 2 aromatic rings. The molecule has 0 spiro atoms. The maximum absolute atomic E-state index is 12.0. The summed E-state index contributed by atoms with van der Waals surface area (Å²) in [7, 11) is -9.56. The standard InChI is InChI=1S/C13H19N5O10P2/c1-5-13(26-5)29(21,22)28-30(23,24)25-2-6-8(19)9(20)12(27-6)18-4-17-7-10(14)15-3-16-11(7)18/h3-6,8-9,12-13,19-20H,2H2,1H3,(H,21,22)(H,23,24)(H2,14,15,16)/t5-,6-,8-,9+,12+,13+/m0/s1. The first kappa shape index (κ1) is 21.7. The molecule has 0 aromatic carbocycles. The number of aliphatic hydroxyl groups excluding tert-OH is 2. The molecule has 8 atom stereocenters. The Balaban J connectivity index is 1.44. The fourth-order valence-corrected chi connectivity index (χ4v) is 6.01. The fraction of sp³-hybridized carbons (Fsp3) is 0.615. The van der Waals surface area contributed by atoms with E-state index in [0.717, 1.165) is 0 Å². The molecule has 2 aromatic heterocycles. The summed E-state index contributed by atoms with van der Waals surface area (Å²) in [5, 5.41) is 20.6. The molecule has 2 aliphatic rings. The minimum atomic E-state index is -5.00. The Bertz CT molecular complexity index is 1050. The Morgan fingerprint density at radius 2 is 1.90 bits per heavy atom. The van der Waals surface area contributed by atoms with Gasteiger partial charge in [0.15, 0.2) is 23.5 Å². The first-order chi connectivity index (χ1) is 14.0. The smallest absolute Gasteiger partial charge is 0.387 e. The van der Waals surface area contributed by atoms with Crippen molar-refractivity contribution in [1.29, 1.82) is 0 Å². The predicted octanol–water partition coefficient (Wildman–Crippen LogP) is -0.909. The molecule has 2 aliphatic heterocycles. The van der Waals surface area contributed by atoms with Gasteiger partial charge in [-0.2, -0.15) is 0 Å². The number of aromatic nitrogens is 4. The van der Waals surface area contributed by atoms with Gasteiger partial charge in [-0.25, -0.2) is 23.8 Å². The lowest BCUT2D eigenvalue weighted by Crippen LogP contribution is -2.33. The van der Waals surface area contributed by atoms with Crippen molar-refractivity contribution in [2.45, 2.75) is 43.4 Å². The van der Waals surface area contributed by atoms with Gasteiger partial charge in [0.1, 0.15) is 30.2 Å². The predicted molar refractivity (Wildman–Crippen MR) is 96.7 cm³/mol. The molecule has 17 heteroatoms. The average Bonchev–Trinajstić information content (AvgIpc) is 3.15. The van der Waals surface area contributed by atoms with Gasteiger partial charge in [-0.3, -0.25) is 13.7 Å². The molecule has 4 rings (SSSR count). The molecule has 0 bridgehead atoms. The number of phosphoric ester groups is 1. The summed E-state index contributed by atoms with van der Waals surface area (Å²) in [5.41, 5.74) is 6.20. The lowest BCUT2D eigenvalue weighted by atomic mass is 10.1. The van der Waals surface area contributed by atoms with E-state index >= 15 is 0 Å². The number of nitrogens with two attached hydrogens (primary N) is 1. The van der Waals surface area contributed by atoms with Crippen molar-refractivity contribution in [3.63, 3.8) is 0 Å². The number of nitrogens with zero attached hydrogens (tertiary/aromatic N) is 4. The Hall–Kier alpha value is -1.51. The van der Waals surface area contributed by atoms with E-state index in [1.807, 2.05) is 0 Å². The minimum absolute atomic E-state index is 0.104. The zero-order chi connectivity index (χ0) is 21.8. The number of nitrogen functional groups attached to an aromatic ring is 1. The Morgan fingerprint density at radius 1 is 1.20 bits per heavy atom. The van der Waals surface area contributed by atoms with Crippen molar-refractivity contribution in [3.8, 4) is 0 Å². The van der Waals surface area contributed by atoms with Gasteiger partial charge in [-0.15, -0.1) is 0 Å². The van der Waals surface area contributed by atoms with E-state index in [1.165, 1.54) is 24.1 Å². The summed E-state index contributed by atoms with van der Waals surface area (Å²) < 4.78 is 44.6. The van der Waals surface area contributed by atoms with Crippen LogP contribution in [0.2, 0.25) is 0 Å². The molecule has 4 heterocycles. The lowest BCUT2D eigenvalue weighted by molar-refractivity contribution is -0.0502. The normalized spacial score (nSPS) is 35.2. The Kier molecular flexibility index (Phi) is 5.48. The van der Waals surface area contributed by atoms with Crippen LogP contribution in [0.5, 0.6) is 0 Å². The highest BCUT2D eigenvalue weighted by Crippen LogP contribution is 2.66. The lowest BCUT2D eigenvalue weighted by Gasteiger charge is -2.19. The molecule has 15 nitrogen and oxygen atoms in total. The van der Waals surface area contributed by atoms with Crippen molar-refractivity contribution in [1.82, 2.24) is 19.5 Å². The SMILES string of the molecule is C[C@@H]1O[C@@H]1P(=O)(O)OP(=O)(O)OC[C@@H]1O[C@@H](n2cnc3c(N)ncnc32)[C@H](O)[C@H]1O. The van der Waals surface area contributed by atoms with E-state index in [1.54, 1.807) is 0 Å². The van der Waals surface area contributed by atoms with E-state index in [0.29, 0.717) is 0 Å². The largest absolute Gasteiger partial charge is 0.479 e. The van der Waals surface area contributed by atoms with Gasteiger partial charge < -0.3 is 35.2 Å². The summed E-state index contributed by atoms with van der Waals surface area (Å²) in [6.45, 7) is 0.760. The van der Waals surface area contributed by atoms with Crippen LogP contribution in [0, 0.1) is 0 Å². The summed E-state index contributed by atoms with van der Waals surface area (Å²) in [6.07, 6.45) is -3.59. The van der Waals surface area contributed by atoms with Gasteiger partial charge in [0.25, 0.3) is 0 Å². The Labute approximate surface area is 168 Å². The molecule has 2 unspecified atom stereocenters. The van der Waals surface area contributed by atoms with Crippen molar-refractivity contribution in [2.75, 3.05) is 12.3 Å². The average molecular weight is 467 g/mol. The fourth-order valence-electron chi connectivity index (χ4n) is 3.06. The first-order valence-electron chi connectivity index (χ1n) is 8.61. The van der Waals surface area contributed by atoms with E-state index in [-0.39, 0.29) is 17.0 Å². The number of aliphatic hydroxyl groups is 2. The monoisotopic (exact) mass is 467 g/mol. The molecule has 0 aliphatic carbocycles. The summed E-state index contributed by atoms with van der Waals surface area (Å²) >= 11 is 0. The third-order valence-corrected chi connectivity index (χ3v) is 8.04. The second-order valence-electron chi connectivity index (χ2n) is 6.77. The van der Waals surface area contributed by atoms with E-state index in [9.17, 15) is 29.1 Å². The van der Waals surface area contributed by atoms with Gasteiger partial charge in [-0.1, -0.05) is 0 Å². The van der Waals surface area contributed by atoms with Crippen LogP contribution in [-0.4, -0.2) is 76.4 Å². The van der Waals surface area contributed by atoms with Crippen LogP contribution in [0.4, 0.5) is 5.82 Å². The number of epoxide rings is 1. The number of hydrogen-bond donors (Lipinski definition) is 5. The summed E-state index contributed by atoms with van der Waals surface area (Å²) in [4.78, 5) is 31.3. The minimum Gasteiger partial charge on any atom is -0.387 e. The van der Waals surface area contributed by atoms with Crippen LogP contribution in [0.3, 0.4) is 0 Å². The number of hydrogen-bond acceptors (Lipinski definition) is 12. The van der Waals surface area contributed by atoms with Crippen LogP contribution < -0.4 is 5.73 Å². The van der Waals surface area contributed by atoms with Gasteiger partial charge in [0.2, 0.25) is 0 Å². The van der Waals surface area contributed by atoms with Crippen molar-refractivity contribution in [3.05, 3.63) is 12.7 Å². The summed E-state index contributed by atoms with van der Waals surface area (Å²) in [6, 6.07) is 0. The molecule has 30 heavy (non-hydrogen) atoms. The van der Waals surface area contributed by atoms with Crippen molar-refractivity contribution >= 4 is 32.4 Å². The highest BCUT2D eigenvalue weighted by atomic mass is 31.3. The number of imidazole rings is 1. The summed E-state index contributed by atoms with van der Waals surface area (Å²) in [5.74, 6) is -1.11. The highest BCUT2D eigenvalue weighted by molar-refractivity contribution is 7.64. The second kappa shape index (κ2) is 7.57. The van der Waals surface area contributed by atoms with E-state index in [4.69, 9.17) is 15.2 Å². The van der Waals surface area contributed by atoms with E-state index in [2.05, 4.69) is 23.8 Å². The van der Waals surface area contributed by atoms with Gasteiger partial charge in [-0.05, 0) is 6.92 Å². The highest BCUT2D eigenvalue weighted by Gasteiger charge is 2.54. The number of fused-ring (bicyclic) bond motifs is 1. The van der Waals surface area contributed by atoms with Crippen LogP contribution in [0.25, 0.3) is 11.2 Å². The molecule has 2 fully saturated rings. The molecule has 166 valence electrons. The number of rotatable bonds is 7. The molecule has 2 saturated heterocycles. The van der Waals surface area contributed by atoms with Crippen molar-refractivity contribution in [2.24, 2.45) is 0 Å². The number of phosphoric acid groups is 1. The van der Waals surface area contributed by atoms with Crippen LogP contribution >= 0.6 is 15.4 Å². The van der Waals surface area contributed by atoms with Crippen LogP contribution in [0.1, 0.15) is 13.2 Å². The molecule has 6 N–H and O–H groups in total. The molecule has 0 saturated carbocycles. The van der Waals surface area contributed by atoms with Gasteiger partial charge in [0.05, 0.1) is 19.0 Å². The maximum Gasteiger partial charge on any atom is 0.479 e. The van der Waals surface area contributed by atoms with Crippen LogP contribution in [0.15, 0.2) is 12.7 Å². The topological polar surface area (TPSA) is 225 Å². The zero-order valence-corrected chi connectivity index (χ0v) is 17.1. The quantitative estimate of drug-likeness (QED) is 0.246. The van der Waals surface area contributed by atoms with E-state index < -0.39 is 58.5 Å². The maximum atomic E-state index is 12.0. The second-order valence-corrected chi connectivity index (χ2v) is 10.3. The van der Waals surface area contributed by atoms with Gasteiger partial charge >= 0.3 is 15.4 Å². The van der Waals surface area contributed by atoms with Gasteiger partial charge in [0, 0.05) is 0 Å². The van der Waals surface area contributed by atoms with Crippen LogP contribution in [-0.2, 0) is 27.4 Å².